The highest BCUT2D eigenvalue weighted by Crippen LogP contribution is 2.36. The molecule has 3 atom stereocenters. The van der Waals surface area contributed by atoms with Gasteiger partial charge in [0.25, 0.3) is 0 Å². The third-order valence-corrected chi connectivity index (χ3v) is 6.93. The van der Waals surface area contributed by atoms with Crippen molar-refractivity contribution in [1.82, 2.24) is 19.7 Å². The number of hydrogen-bond acceptors (Lipinski definition) is 6. The van der Waals surface area contributed by atoms with Crippen LogP contribution in [0.15, 0.2) is 42.1 Å². The molecule has 3 heterocycles. The van der Waals surface area contributed by atoms with Crippen molar-refractivity contribution in [2.75, 3.05) is 13.2 Å². The first kappa shape index (κ1) is 21.7. The molecule has 1 amide bonds. The van der Waals surface area contributed by atoms with Crippen molar-refractivity contribution in [3.8, 4) is 11.5 Å². The van der Waals surface area contributed by atoms with Crippen LogP contribution in [0, 0.1) is 0 Å². The minimum atomic E-state index is -0.366. The van der Waals surface area contributed by atoms with Gasteiger partial charge in [-0.25, -0.2) is 0 Å². The number of nitrogens with zero attached hydrogens (tertiary/aromatic N) is 4. The Hall–Kier alpha value is -2.48. The first-order valence-electron chi connectivity index (χ1n) is 11.0. The van der Waals surface area contributed by atoms with Crippen LogP contribution in [-0.4, -0.2) is 50.0 Å². The van der Waals surface area contributed by atoms with Gasteiger partial charge in [-0.15, -0.1) is 16.8 Å². The molecule has 2 aromatic rings. The molecule has 4 rings (SSSR count). The van der Waals surface area contributed by atoms with Crippen LogP contribution in [0.3, 0.4) is 0 Å². The van der Waals surface area contributed by atoms with Gasteiger partial charge in [-0.1, -0.05) is 36.9 Å². The largest absolute Gasteiger partial charge is 0.485 e. The van der Waals surface area contributed by atoms with Crippen molar-refractivity contribution in [3.63, 3.8) is 0 Å². The van der Waals surface area contributed by atoms with Crippen LogP contribution >= 0.6 is 11.8 Å². The third-order valence-electron chi connectivity index (χ3n) is 5.87. The van der Waals surface area contributed by atoms with E-state index >= 15 is 0 Å². The number of hydrogen-bond donors (Lipinski definition) is 0. The highest BCUT2D eigenvalue weighted by Gasteiger charge is 2.32. The number of fused-ring (bicyclic) bond motifs is 1. The Morgan fingerprint density at radius 2 is 2.13 bits per heavy atom. The molecule has 0 aliphatic carbocycles. The zero-order valence-electron chi connectivity index (χ0n) is 18.2. The van der Waals surface area contributed by atoms with Crippen molar-refractivity contribution in [2.24, 2.45) is 0 Å². The fourth-order valence-electron chi connectivity index (χ4n) is 4.23. The average molecular weight is 443 g/mol. The molecule has 166 valence electrons. The summed E-state index contributed by atoms with van der Waals surface area (Å²) >= 11 is 1.45. The number of benzene rings is 1. The number of carbonyl (C=O) groups is 1. The Balaban J connectivity index is 1.51. The molecule has 2 aliphatic rings. The summed E-state index contributed by atoms with van der Waals surface area (Å²) in [7, 11) is 0. The molecule has 0 bridgehead atoms. The number of ether oxygens (including phenoxy) is 2. The second-order valence-corrected chi connectivity index (χ2v) is 9.26. The van der Waals surface area contributed by atoms with E-state index < -0.39 is 0 Å². The number of amides is 1. The molecular formula is C23H30N4O3S. The van der Waals surface area contributed by atoms with E-state index in [0.717, 1.165) is 31.6 Å². The van der Waals surface area contributed by atoms with E-state index in [2.05, 4.69) is 28.6 Å². The summed E-state index contributed by atoms with van der Waals surface area (Å²) < 4.78 is 14.0. The van der Waals surface area contributed by atoms with Crippen LogP contribution < -0.4 is 9.47 Å². The minimum Gasteiger partial charge on any atom is -0.485 e. The fraction of sp³-hybridized carbons (Fsp3) is 0.522. The fourth-order valence-corrected chi connectivity index (χ4v) is 5.17. The smallest absolute Gasteiger partial charge is 0.236 e. The van der Waals surface area contributed by atoms with E-state index in [-0.39, 0.29) is 17.3 Å². The Morgan fingerprint density at radius 3 is 2.90 bits per heavy atom. The standard InChI is InChI=1S/C23H30N4O3S/c1-4-13-27-21(20-15-29-18-11-6-7-12-19(18)30-20)24-25-23(27)31-16(3)22(28)26-14-9-8-10-17(26)5-2/h4,6-7,11-12,16-17,20H,1,5,8-10,13-15H2,2-3H3/t16-,17-,20+/m1/s1. The highest BCUT2D eigenvalue weighted by atomic mass is 32.2. The molecule has 1 saturated heterocycles. The summed E-state index contributed by atoms with van der Waals surface area (Å²) in [6.45, 7) is 9.73. The number of aromatic nitrogens is 3. The summed E-state index contributed by atoms with van der Waals surface area (Å²) in [5, 5.41) is 9.25. The second-order valence-electron chi connectivity index (χ2n) is 7.95. The zero-order chi connectivity index (χ0) is 21.8. The third kappa shape index (κ3) is 4.59. The topological polar surface area (TPSA) is 69.5 Å². The predicted octanol–water partition coefficient (Wildman–Crippen LogP) is 4.25. The summed E-state index contributed by atoms with van der Waals surface area (Å²) in [6, 6.07) is 7.95. The number of allylic oxidation sites excluding steroid dienone is 1. The van der Waals surface area contributed by atoms with Crippen LogP contribution in [0.25, 0.3) is 0 Å². The Kier molecular flexibility index (Phi) is 6.85. The molecule has 31 heavy (non-hydrogen) atoms. The number of rotatable bonds is 7. The van der Waals surface area contributed by atoms with E-state index in [0.29, 0.717) is 35.9 Å². The summed E-state index contributed by atoms with van der Waals surface area (Å²) in [5.41, 5.74) is 0. The van der Waals surface area contributed by atoms with Crippen molar-refractivity contribution in [1.29, 1.82) is 0 Å². The van der Waals surface area contributed by atoms with Crippen LogP contribution in [-0.2, 0) is 11.3 Å². The first-order chi connectivity index (χ1) is 15.1. The van der Waals surface area contributed by atoms with Gasteiger partial charge in [-0.3, -0.25) is 9.36 Å². The SMILES string of the molecule is C=CCn1c(S[C@H](C)C(=O)N2CCCC[C@H]2CC)nnc1[C@@H]1COc2ccccc2O1. The Morgan fingerprint density at radius 1 is 1.32 bits per heavy atom. The van der Waals surface area contributed by atoms with Gasteiger partial charge in [0.2, 0.25) is 5.91 Å². The Labute approximate surface area is 187 Å². The van der Waals surface area contributed by atoms with Crippen LogP contribution in [0.4, 0.5) is 0 Å². The lowest BCUT2D eigenvalue weighted by Crippen LogP contribution is -2.46. The number of thioether (sulfide) groups is 1. The number of para-hydroxylation sites is 2. The number of piperidine rings is 1. The molecule has 0 spiro atoms. The van der Waals surface area contributed by atoms with Gasteiger partial charge in [0.05, 0.1) is 5.25 Å². The quantitative estimate of drug-likeness (QED) is 0.472. The van der Waals surface area contributed by atoms with E-state index in [1.54, 1.807) is 6.08 Å². The summed E-state index contributed by atoms with van der Waals surface area (Å²) in [4.78, 5) is 15.2. The van der Waals surface area contributed by atoms with Crippen LogP contribution in [0.2, 0.25) is 0 Å². The molecule has 7 nitrogen and oxygen atoms in total. The average Bonchev–Trinajstić information content (AvgIpc) is 3.20. The van der Waals surface area contributed by atoms with Crippen LogP contribution in [0.1, 0.15) is 51.5 Å². The van der Waals surface area contributed by atoms with Crippen LogP contribution in [0.5, 0.6) is 11.5 Å². The molecular weight excluding hydrogens is 412 g/mol. The van der Waals surface area contributed by atoms with E-state index in [9.17, 15) is 4.79 Å². The van der Waals surface area contributed by atoms with Gasteiger partial charge in [-0.2, -0.15) is 0 Å². The number of carbonyl (C=O) groups excluding carboxylic acids is 1. The van der Waals surface area contributed by atoms with Crippen molar-refractivity contribution in [3.05, 3.63) is 42.7 Å². The second kappa shape index (κ2) is 9.77. The number of likely N-dealkylation sites (tertiary alicyclic amines) is 1. The normalized spacial score (nSPS) is 21.5. The highest BCUT2D eigenvalue weighted by molar-refractivity contribution is 8.00. The maximum atomic E-state index is 13.2. The molecule has 0 N–H and O–H groups in total. The zero-order valence-corrected chi connectivity index (χ0v) is 19.0. The molecule has 8 heteroatoms. The van der Waals surface area contributed by atoms with Crippen molar-refractivity contribution >= 4 is 17.7 Å². The molecule has 1 aromatic carbocycles. The van der Waals surface area contributed by atoms with E-state index in [1.807, 2.05) is 35.8 Å². The molecule has 1 aromatic heterocycles. The van der Waals surface area contributed by atoms with Gasteiger partial charge in [0, 0.05) is 19.1 Å². The lowest BCUT2D eigenvalue weighted by atomic mass is 10.00. The van der Waals surface area contributed by atoms with Gasteiger partial charge in [0.1, 0.15) is 6.61 Å². The van der Waals surface area contributed by atoms with Gasteiger partial charge in [0.15, 0.2) is 28.6 Å². The lowest BCUT2D eigenvalue weighted by molar-refractivity contribution is -0.134. The maximum Gasteiger partial charge on any atom is 0.236 e. The van der Waals surface area contributed by atoms with Gasteiger partial charge >= 0.3 is 0 Å². The van der Waals surface area contributed by atoms with E-state index in [1.165, 1.54) is 18.2 Å². The molecule has 0 unspecified atom stereocenters. The van der Waals surface area contributed by atoms with Gasteiger partial charge < -0.3 is 14.4 Å². The summed E-state index contributed by atoms with van der Waals surface area (Å²) in [5.74, 6) is 2.29. The Bertz CT molecular complexity index is 931. The molecule has 2 aliphatic heterocycles. The van der Waals surface area contributed by atoms with Gasteiger partial charge in [-0.05, 0) is 44.7 Å². The molecule has 0 radical (unpaired) electrons. The summed E-state index contributed by atoms with van der Waals surface area (Å²) in [6.07, 6.45) is 5.81. The molecule has 1 fully saturated rings. The monoisotopic (exact) mass is 442 g/mol. The van der Waals surface area contributed by atoms with Crippen molar-refractivity contribution in [2.45, 2.75) is 68.6 Å². The molecule has 0 saturated carbocycles. The first-order valence-corrected chi connectivity index (χ1v) is 11.9. The predicted molar refractivity (Wildman–Crippen MR) is 120 cm³/mol. The lowest BCUT2D eigenvalue weighted by Gasteiger charge is -2.36. The minimum absolute atomic E-state index is 0.178. The maximum absolute atomic E-state index is 13.2. The van der Waals surface area contributed by atoms with Crippen molar-refractivity contribution < 1.29 is 14.3 Å². The van der Waals surface area contributed by atoms with E-state index in [4.69, 9.17) is 9.47 Å².